The van der Waals surface area contributed by atoms with Crippen LogP contribution in [0, 0.1) is 0 Å². The summed E-state index contributed by atoms with van der Waals surface area (Å²) in [6.07, 6.45) is 1.86. The van der Waals surface area contributed by atoms with E-state index >= 15 is 0 Å². The SMILES string of the molecule is CNCC(C)OCC(=O)NC1CCOCC1. The van der Waals surface area contributed by atoms with E-state index in [0.717, 1.165) is 32.6 Å². The van der Waals surface area contributed by atoms with E-state index in [0.29, 0.717) is 0 Å². The van der Waals surface area contributed by atoms with E-state index in [-0.39, 0.29) is 24.7 Å². The number of carbonyl (C=O) groups is 1. The van der Waals surface area contributed by atoms with Gasteiger partial charge < -0.3 is 20.1 Å². The molecule has 0 aromatic rings. The van der Waals surface area contributed by atoms with Crippen LogP contribution in [-0.4, -0.2) is 51.5 Å². The van der Waals surface area contributed by atoms with Gasteiger partial charge in [-0.15, -0.1) is 0 Å². The summed E-state index contributed by atoms with van der Waals surface area (Å²) in [4.78, 5) is 11.5. The molecule has 0 bridgehead atoms. The summed E-state index contributed by atoms with van der Waals surface area (Å²) in [5.74, 6) is -0.0325. The molecule has 5 heteroatoms. The molecule has 1 unspecified atom stereocenters. The Morgan fingerprint density at radius 1 is 1.50 bits per heavy atom. The monoisotopic (exact) mass is 230 g/mol. The Hall–Kier alpha value is -0.650. The van der Waals surface area contributed by atoms with Crippen molar-refractivity contribution in [2.75, 3.05) is 33.4 Å². The minimum absolute atomic E-state index is 0.0325. The second kappa shape index (κ2) is 7.60. The molecule has 16 heavy (non-hydrogen) atoms. The topological polar surface area (TPSA) is 59.6 Å². The van der Waals surface area contributed by atoms with E-state index in [1.165, 1.54) is 0 Å². The first kappa shape index (κ1) is 13.4. The molecule has 1 fully saturated rings. The van der Waals surface area contributed by atoms with Crippen LogP contribution in [0.1, 0.15) is 19.8 Å². The second-order valence-corrected chi connectivity index (χ2v) is 4.13. The van der Waals surface area contributed by atoms with Gasteiger partial charge in [-0.1, -0.05) is 0 Å². The molecule has 1 rings (SSSR count). The zero-order valence-corrected chi connectivity index (χ0v) is 10.1. The highest BCUT2D eigenvalue weighted by atomic mass is 16.5. The van der Waals surface area contributed by atoms with Crippen molar-refractivity contribution in [1.29, 1.82) is 0 Å². The van der Waals surface area contributed by atoms with E-state index < -0.39 is 0 Å². The lowest BCUT2D eigenvalue weighted by Crippen LogP contribution is -2.41. The molecule has 0 aromatic carbocycles. The number of likely N-dealkylation sites (N-methyl/N-ethyl adjacent to an activating group) is 1. The van der Waals surface area contributed by atoms with Crippen molar-refractivity contribution in [2.45, 2.75) is 31.9 Å². The highest BCUT2D eigenvalue weighted by Crippen LogP contribution is 2.05. The third kappa shape index (κ3) is 5.44. The maximum Gasteiger partial charge on any atom is 0.246 e. The molecule has 2 N–H and O–H groups in total. The molecule has 5 nitrogen and oxygen atoms in total. The average Bonchev–Trinajstić information content (AvgIpc) is 2.28. The molecule has 1 heterocycles. The molecule has 0 aromatic heterocycles. The molecule has 0 aliphatic carbocycles. The van der Waals surface area contributed by atoms with Crippen LogP contribution in [0.4, 0.5) is 0 Å². The number of amides is 1. The Kier molecular flexibility index (Phi) is 6.37. The van der Waals surface area contributed by atoms with E-state index in [1.54, 1.807) is 0 Å². The molecule has 1 aliphatic rings. The molecule has 1 atom stereocenters. The summed E-state index contributed by atoms with van der Waals surface area (Å²) in [6, 6.07) is 0.254. The molecule has 0 radical (unpaired) electrons. The fourth-order valence-corrected chi connectivity index (χ4v) is 1.68. The maximum absolute atomic E-state index is 11.5. The largest absolute Gasteiger partial charge is 0.381 e. The van der Waals surface area contributed by atoms with Crippen LogP contribution in [0.5, 0.6) is 0 Å². The quantitative estimate of drug-likeness (QED) is 0.669. The summed E-state index contributed by atoms with van der Waals surface area (Å²) in [5, 5.41) is 5.95. The van der Waals surface area contributed by atoms with E-state index in [1.807, 2.05) is 14.0 Å². The number of carbonyl (C=O) groups excluding carboxylic acids is 1. The van der Waals surface area contributed by atoms with Crippen molar-refractivity contribution in [1.82, 2.24) is 10.6 Å². The minimum atomic E-state index is -0.0325. The first-order valence-electron chi connectivity index (χ1n) is 5.85. The van der Waals surface area contributed by atoms with Gasteiger partial charge in [0.25, 0.3) is 0 Å². The fraction of sp³-hybridized carbons (Fsp3) is 0.909. The van der Waals surface area contributed by atoms with Crippen molar-refractivity contribution in [3.05, 3.63) is 0 Å². The molecule has 1 saturated heterocycles. The number of ether oxygens (including phenoxy) is 2. The van der Waals surface area contributed by atoms with Crippen molar-refractivity contribution in [3.63, 3.8) is 0 Å². The highest BCUT2D eigenvalue weighted by molar-refractivity contribution is 5.77. The summed E-state index contributed by atoms with van der Waals surface area (Å²) in [7, 11) is 1.86. The van der Waals surface area contributed by atoms with Gasteiger partial charge in [0.2, 0.25) is 5.91 Å². The third-order valence-electron chi connectivity index (χ3n) is 2.58. The number of hydrogen-bond donors (Lipinski definition) is 2. The first-order valence-corrected chi connectivity index (χ1v) is 5.85. The molecule has 1 aliphatic heterocycles. The van der Waals surface area contributed by atoms with Crippen LogP contribution < -0.4 is 10.6 Å². The first-order chi connectivity index (χ1) is 7.72. The van der Waals surface area contributed by atoms with Gasteiger partial charge in [-0.05, 0) is 26.8 Å². The van der Waals surface area contributed by atoms with Gasteiger partial charge in [-0.2, -0.15) is 0 Å². The lowest BCUT2D eigenvalue weighted by Gasteiger charge is -2.23. The normalized spacial score (nSPS) is 19.4. The Labute approximate surface area is 96.9 Å². The Morgan fingerprint density at radius 2 is 2.19 bits per heavy atom. The van der Waals surface area contributed by atoms with Crippen molar-refractivity contribution in [3.8, 4) is 0 Å². The molecule has 0 saturated carbocycles. The van der Waals surface area contributed by atoms with Crippen LogP contribution in [-0.2, 0) is 14.3 Å². The summed E-state index contributed by atoms with van der Waals surface area (Å²) in [5.41, 5.74) is 0. The third-order valence-corrected chi connectivity index (χ3v) is 2.58. The van der Waals surface area contributed by atoms with Gasteiger partial charge in [0.05, 0.1) is 6.10 Å². The van der Waals surface area contributed by atoms with Crippen LogP contribution in [0.3, 0.4) is 0 Å². The fourth-order valence-electron chi connectivity index (χ4n) is 1.68. The van der Waals surface area contributed by atoms with E-state index in [9.17, 15) is 4.79 Å². The zero-order valence-electron chi connectivity index (χ0n) is 10.1. The molecular weight excluding hydrogens is 208 g/mol. The lowest BCUT2D eigenvalue weighted by atomic mass is 10.1. The summed E-state index contributed by atoms with van der Waals surface area (Å²) in [6.45, 7) is 4.31. The lowest BCUT2D eigenvalue weighted by molar-refractivity contribution is -0.128. The number of nitrogens with one attached hydrogen (secondary N) is 2. The van der Waals surface area contributed by atoms with Crippen LogP contribution in [0.2, 0.25) is 0 Å². The standard InChI is InChI=1S/C11H22N2O3/c1-9(7-12-2)16-8-11(14)13-10-3-5-15-6-4-10/h9-10,12H,3-8H2,1-2H3,(H,13,14). The smallest absolute Gasteiger partial charge is 0.246 e. The molecule has 0 spiro atoms. The van der Waals surface area contributed by atoms with Crippen LogP contribution in [0.25, 0.3) is 0 Å². The van der Waals surface area contributed by atoms with Crippen molar-refractivity contribution in [2.24, 2.45) is 0 Å². The molecule has 1 amide bonds. The Balaban J connectivity index is 2.10. The zero-order chi connectivity index (χ0) is 11.8. The van der Waals surface area contributed by atoms with E-state index in [4.69, 9.17) is 9.47 Å². The van der Waals surface area contributed by atoms with Crippen molar-refractivity contribution >= 4 is 5.91 Å². The molecular formula is C11H22N2O3. The Morgan fingerprint density at radius 3 is 2.81 bits per heavy atom. The summed E-state index contributed by atoms with van der Waals surface area (Å²) < 4.78 is 10.6. The Bertz CT molecular complexity index is 205. The van der Waals surface area contributed by atoms with Gasteiger partial charge in [-0.3, -0.25) is 4.79 Å². The van der Waals surface area contributed by atoms with Gasteiger partial charge in [0.15, 0.2) is 0 Å². The van der Waals surface area contributed by atoms with E-state index in [2.05, 4.69) is 10.6 Å². The maximum atomic E-state index is 11.5. The van der Waals surface area contributed by atoms with Gasteiger partial charge in [-0.25, -0.2) is 0 Å². The van der Waals surface area contributed by atoms with Crippen molar-refractivity contribution < 1.29 is 14.3 Å². The number of rotatable bonds is 6. The summed E-state index contributed by atoms with van der Waals surface area (Å²) >= 11 is 0. The van der Waals surface area contributed by atoms with Gasteiger partial charge in [0.1, 0.15) is 6.61 Å². The van der Waals surface area contributed by atoms with Crippen LogP contribution in [0.15, 0.2) is 0 Å². The second-order valence-electron chi connectivity index (χ2n) is 4.13. The highest BCUT2D eigenvalue weighted by Gasteiger charge is 2.16. The average molecular weight is 230 g/mol. The predicted molar refractivity (Wildman–Crippen MR) is 61.3 cm³/mol. The van der Waals surface area contributed by atoms with Gasteiger partial charge in [0, 0.05) is 25.8 Å². The minimum Gasteiger partial charge on any atom is -0.381 e. The number of hydrogen-bond acceptors (Lipinski definition) is 4. The molecule has 94 valence electrons. The van der Waals surface area contributed by atoms with Crippen LogP contribution >= 0.6 is 0 Å². The predicted octanol–water partition coefficient (Wildman–Crippen LogP) is -0.0939. The van der Waals surface area contributed by atoms with Gasteiger partial charge >= 0.3 is 0 Å².